The maximum Gasteiger partial charge on any atom is 4.00 e. The van der Waals surface area contributed by atoms with E-state index in [1.54, 1.807) is 0 Å². The van der Waals surface area contributed by atoms with Crippen molar-refractivity contribution in [3.8, 4) is 0 Å². The van der Waals surface area contributed by atoms with E-state index in [0.29, 0.717) is 0 Å². The zero-order chi connectivity index (χ0) is 9.64. The van der Waals surface area contributed by atoms with E-state index >= 15 is 0 Å². The quantitative estimate of drug-likeness (QED) is 0.389. The average Bonchev–Trinajstić information content (AvgIpc) is 2.92. The monoisotopic (exact) mass is 410 g/mol. The molecule has 2 heteroatoms. The first-order valence-corrected chi connectivity index (χ1v) is 4.74. The SMILES string of the molecule is [CH3-].[Cl-].[Hf+4].c1cc[cH-]c1.c1ccc2[cH-]ccc2c1. The van der Waals surface area contributed by atoms with Gasteiger partial charge in [0.05, 0.1) is 0 Å². The molecule has 86 valence electrons. The normalized spacial score (nSPS) is 7.76. The van der Waals surface area contributed by atoms with Crippen molar-refractivity contribution in [1.29, 1.82) is 0 Å². The second-order valence-electron chi connectivity index (χ2n) is 3.12. The van der Waals surface area contributed by atoms with Crippen molar-refractivity contribution in [3.63, 3.8) is 0 Å². The molecule has 0 saturated heterocycles. The molecule has 0 aliphatic heterocycles. The van der Waals surface area contributed by atoms with E-state index < -0.39 is 0 Å². The summed E-state index contributed by atoms with van der Waals surface area (Å²) in [5, 5.41) is 2.66. The molecule has 0 spiro atoms. The van der Waals surface area contributed by atoms with Gasteiger partial charge in [-0.05, 0) is 0 Å². The van der Waals surface area contributed by atoms with Gasteiger partial charge in [0.25, 0.3) is 0 Å². The minimum atomic E-state index is 0. The van der Waals surface area contributed by atoms with Crippen molar-refractivity contribution >= 4 is 10.8 Å². The van der Waals surface area contributed by atoms with Crippen LogP contribution in [0.1, 0.15) is 0 Å². The Balaban J connectivity index is 0. The smallest absolute Gasteiger partial charge is 1.00 e. The van der Waals surface area contributed by atoms with Crippen molar-refractivity contribution in [2.45, 2.75) is 0 Å². The Labute approximate surface area is 129 Å². The van der Waals surface area contributed by atoms with Crippen LogP contribution in [-0.4, -0.2) is 0 Å². The van der Waals surface area contributed by atoms with E-state index in [1.165, 1.54) is 10.8 Å². The predicted octanol–water partition coefficient (Wildman–Crippen LogP) is 1.42. The molecule has 0 heterocycles. The second-order valence-corrected chi connectivity index (χ2v) is 3.12. The topological polar surface area (TPSA) is 0 Å². The fourth-order valence-corrected chi connectivity index (χ4v) is 1.39. The number of rotatable bonds is 0. The zero-order valence-electron chi connectivity index (χ0n) is 9.81. The molecular weight excluding hydrogens is 394 g/mol. The van der Waals surface area contributed by atoms with Gasteiger partial charge in [0, 0.05) is 0 Å². The molecule has 0 nitrogen and oxygen atoms in total. The van der Waals surface area contributed by atoms with Crippen molar-refractivity contribution in [1.82, 2.24) is 0 Å². The Morgan fingerprint density at radius 3 is 1.94 bits per heavy atom. The molecule has 0 aromatic heterocycles. The molecule has 3 rings (SSSR count). The minimum Gasteiger partial charge on any atom is -1.00 e. The molecule has 0 radical (unpaired) electrons. The van der Waals surface area contributed by atoms with Gasteiger partial charge in [0.2, 0.25) is 0 Å². The zero-order valence-corrected chi connectivity index (χ0v) is 14.2. The molecule has 0 aliphatic carbocycles. The summed E-state index contributed by atoms with van der Waals surface area (Å²) < 4.78 is 0. The van der Waals surface area contributed by atoms with Gasteiger partial charge in [0.1, 0.15) is 0 Å². The third kappa shape index (κ3) is 5.99. The summed E-state index contributed by atoms with van der Waals surface area (Å²) in [7, 11) is 0. The van der Waals surface area contributed by atoms with Crippen molar-refractivity contribution in [3.05, 3.63) is 80.2 Å². The van der Waals surface area contributed by atoms with E-state index in [0.717, 1.165) is 0 Å². The average molecular weight is 409 g/mol. The summed E-state index contributed by atoms with van der Waals surface area (Å²) in [4.78, 5) is 0. The van der Waals surface area contributed by atoms with Gasteiger partial charge in [-0.2, -0.15) is 35.7 Å². The maximum atomic E-state index is 2.12. The molecule has 0 bridgehead atoms. The first-order valence-electron chi connectivity index (χ1n) is 4.74. The summed E-state index contributed by atoms with van der Waals surface area (Å²) in [6, 6.07) is 24.7. The first kappa shape index (κ1) is 18.7. The van der Waals surface area contributed by atoms with Gasteiger partial charge >= 0.3 is 25.8 Å². The number of benzene rings is 1. The van der Waals surface area contributed by atoms with Gasteiger partial charge in [-0.1, -0.05) is 6.07 Å². The summed E-state index contributed by atoms with van der Waals surface area (Å²) >= 11 is 0. The Kier molecular flexibility index (Phi) is 11.5. The Morgan fingerprint density at radius 1 is 0.765 bits per heavy atom. The molecule has 0 N–H and O–H groups in total. The third-order valence-electron chi connectivity index (χ3n) is 2.10. The van der Waals surface area contributed by atoms with Crippen LogP contribution in [0.3, 0.4) is 0 Å². The number of hydrogen-bond acceptors (Lipinski definition) is 0. The van der Waals surface area contributed by atoms with Gasteiger partial charge < -0.3 is 19.8 Å². The van der Waals surface area contributed by atoms with Crippen LogP contribution >= 0.6 is 0 Å². The summed E-state index contributed by atoms with van der Waals surface area (Å²) in [5.74, 6) is 0. The fraction of sp³-hybridized carbons (Fsp3) is 0. The van der Waals surface area contributed by atoms with E-state index in [4.69, 9.17) is 0 Å². The molecule has 17 heavy (non-hydrogen) atoms. The Bertz CT molecular complexity index is 421. The van der Waals surface area contributed by atoms with Gasteiger partial charge in [-0.3, -0.25) is 0 Å². The van der Waals surface area contributed by atoms with Crippen LogP contribution in [0.15, 0.2) is 72.8 Å². The van der Waals surface area contributed by atoms with E-state index in [1.807, 2.05) is 30.3 Å². The summed E-state index contributed by atoms with van der Waals surface area (Å²) in [5.41, 5.74) is 0. The molecule has 0 unspecified atom stereocenters. The molecule has 0 atom stereocenters. The first-order chi connectivity index (χ1) is 6.97. The summed E-state index contributed by atoms with van der Waals surface area (Å²) in [6.45, 7) is 0. The van der Waals surface area contributed by atoms with Gasteiger partial charge in [-0.25, -0.2) is 12.1 Å². The van der Waals surface area contributed by atoms with Crippen molar-refractivity contribution in [2.24, 2.45) is 0 Å². The van der Waals surface area contributed by atoms with Crippen LogP contribution in [0.2, 0.25) is 0 Å². The van der Waals surface area contributed by atoms with E-state index in [-0.39, 0.29) is 45.7 Å². The molecule has 0 amide bonds. The van der Waals surface area contributed by atoms with Gasteiger partial charge in [-0.15, -0.1) is 29.7 Å². The number of fused-ring (bicyclic) bond motifs is 1. The van der Waals surface area contributed by atoms with Crippen LogP contribution in [-0.2, 0) is 25.8 Å². The summed E-state index contributed by atoms with van der Waals surface area (Å²) in [6.07, 6.45) is 0. The third-order valence-corrected chi connectivity index (χ3v) is 2.10. The Hall–Kier alpha value is -0.660. The standard InChI is InChI=1S/C9H7.C5H5.CH3.ClH.Hf/c1-2-5-9-7-3-6-8(9)4-1;1-2-4-5-3-1;;;/h1-7H;1-5H;1H3;1H;/q3*-1;;+4/p-1. The van der Waals surface area contributed by atoms with Crippen LogP contribution in [0.5, 0.6) is 0 Å². The van der Waals surface area contributed by atoms with Crippen LogP contribution < -0.4 is 12.4 Å². The molecule has 0 fully saturated rings. The molecule has 3 aromatic rings. The molecular formula is C15H15ClHf. The Morgan fingerprint density at radius 2 is 1.41 bits per heavy atom. The molecule has 0 saturated carbocycles. The largest absolute Gasteiger partial charge is 4.00 e. The van der Waals surface area contributed by atoms with Crippen LogP contribution in [0.25, 0.3) is 10.8 Å². The number of halogens is 1. The molecule has 3 aromatic carbocycles. The number of hydrogen-bond donors (Lipinski definition) is 0. The van der Waals surface area contributed by atoms with Crippen LogP contribution in [0.4, 0.5) is 0 Å². The predicted molar refractivity (Wildman–Crippen MR) is 68.0 cm³/mol. The van der Waals surface area contributed by atoms with Crippen molar-refractivity contribution in [2.75, 3.05) is 0 Å². The fourth-order valence-electron chi connectivity index (χ4n) is 1.39. The van der Waals surface area contributed by atoms with Crippen molar-refractivity contribution < 1.29 is 38.3 Å². The van der Waals surface area contributed by atoms with E-state index in [9.17, 15) is 0 Å². The second kappa shape index (κ2) is 10.5. The van der Waals surface area contributed by atoms with Crippen LogP contribution in [0, 0.1) is 7.43 Å². The maximum absolute atomic E-state index is 2.12. The van der Waals surface area contributed by atoms with Gasteiger partial charge in [0.15, 0.2) is 0 Å². The van der Waals surface area contributed by atoms with E-state index in [2.05, 4.69) is 42.5 Å². The molecule has 0 aliphatic rings. The minimum absolute atomic E-state index is 0.